The minimum Gasteiger partial charge on any atom is -0.354 e. The molecule has 0 aliphatic heterocycles. The van der Waals surface area contributed by atoms with E-state index in [0.29, 0.717) is 17.5 Å². The molecule has 0 saturated carbocycles. The monoisotopic (exact) mass is 324 g/mol. The molecule has 22 heavy (non-hydrogen) atoms. The second kappa shape index (κ2) is 9.30. The van der Waals surface area contributed by atoms with Crippen LogP contribution in [0.4, 0.5) is 0 Å². The van der Waals surface area contributed by atoms with Crippen LogP contribution < -0.4 is 10.6 Å². The zero-order valence-corrected chi connectivity index (χ0v) is 14.4. The summed E-state index contributed by atoms with van der Waals surface area (Å²) in [6.07, 6.45) is 0.972. The van der Waals surface area contributed by atoms with Gasteiger partial charge in [-0.05, 0) is 31.0 Å². The van der Waals surface area contributed by atoms with Gasteiger partial charge in [0.1, 0.15) is 0 Å². The molecule has 1 aromatic carbocycles. The number of guanidine groups is 1. The number of nitrogens with one attached hydrogen (secondary N) is 2. The standard InChI is InChI=1S/C16H25ClN4O/c1-5-12(2)20-16(19-11-15(22)21(3)4)18-10-13-7-6-8-14(17)9-13/h6-9,12H,5,10-11H2,1-4H3,(H2,18,19,20). The number of rotatable bonds is 6. The van der Waals surface area contributed by atoms with Gasteiger partial charge in [0.05, 0.1) is 13.1 Å². The molecule has 5 nitrogen and oxygen atoms in total. The molecule has 0 fully saturated rings. The summed E-state index contributed by atoms with van der Waals surface area (Å²) >= 11 is 5.97. The minimum atomic E-state index is 0.00130. The summed E-state index contributed by atoms with van der Waals surface area (Å²) in [6, 6.07) is 7.87. The summed E-state index contributed by atoms with van der Waals surface area (Å²) in [6.45, 7) is 4.88. The minimum absolute atomic E-state index is 0.00130. The van der Waals surface area contributed by atoms with Crippen molar-refractivity contribution >= 4 is 23.5 Å². The summed E-state index contributed by atoms with van der Waals surface area (Å²) in [5.74, 6) is 0.630. The van der Waals surface area contributed by atoms with Crippen LogP contribution in [0.25, 0.3) is 0 Å². The molecule has 1 rings (SSSR count). The molecule has 1 amide bonds. The van der Waals surface area contributed by atoms with Gasteiger partial charge in [-0.2, -0.15) is 0 Å². The second-order valence-corrected chi connectivity index (χ2v) is 5.83. The van der Waals surface area contributed by atoms with Crippen molar-refractivity contribution in [1.29, 1.82) is 0 Å². The fourth-order valence-corrected chi connectivity index (χ4v) is 1.82. The van der Waals surface area contributed by atoms with Crippen LogP contribution in [0.2, 0.25) is 5.02 Å². The number of benzene rings is 1. The molecule has 0 spiro atoms. The summed E-state index contributed by atoms with van der Waals surface area (Å²) in [5.41, 5.74) is 1.02. The highest BCUT2D eigenvalue weighted by atomic mass is 35.5. The molecule has 0 bridgehead atoms. The largest absolute Gasteiger partial charge is 0.354 e. The molecule has 122 valence electrons. The number of hydrogen-bond acceptors (Lipinski definition) is 2. The Balaban J connectivity index is 2.71. The lowest BCUT2D eigenvalue weighted by Gasteiger charge is -2.18. The number of aliphatic imine (C=N–C) groups is 1. The maximum absolute atomic E-state index is 11.7. The van der Waals surface area contributed by atoms with Gasteiger partial charge in [-0.3, -0.25) is 4.79 Å². The lowest BCUT2D eigenvalue weighted by atomic mass is 10.2. The number of halogens is 1. The Morgan fingerprint density at radius 3 is 2.73 bits per heavy atom. The van der Waals surface area contributed by atoms with Crippen molar-refractivity contribution in [1.82, 2.24) is 15.5 Å². The lowest BCUT2D eigenvalue weighted by molar-refractivity contribution is -0.127. The van der Waals surface area contributed by atoms with Gasteiger partial charge in [0, 0.05) is 25.2 Å². The maximum atomic E-state index is 11.7. The molecular weight excluding hydrogens is 300 g/mol. The van der Waals surface area contributed by atoms with Gasteiger partial charge in [0.2, 0.25) is 5.91 Å². The fourth-order valence-electron chi connectivity index (χ4n) is 1.61. The first-order chi connectivity index (χ1) is 10.4. The first kappa shape index (κ1) is 18.3. The zero-order chi connectivity index (χ0) is 16.5. The third kappa shape index (κ3) is 6.80. The van der Waals surface area contributed by atoms with Crippen LogP contribution in [0.3, 0.4) is 0 Å². The highest BCUT2D eigenvalue weighted by Gasteiger charge is 2.08. The van der Waals surface area contributed by atoms with Crippen LogP contribution >= 0.6 is 11.6 Å². The van der Waals surface area contributed by atoms with Crippen LogP contribution in [-0.2, 0) is 11.3 Å². The Bertz CT molecular complexity index is 517. The van der Waals surface area contributed by atoms with Crippen molar-refractivity contribution in [3.63, 3.8) is 0 Å². The Morgan fingerprint density at radius 1 is 1.41 bits per heavy atom. The number of carbonyl (C=O) groups is 1. The van der Waals surface area contributed by atoms with E-state index < -0.39 is 0 Å². The molecule has 1 atom stereocenters. The molecule has 0 aromatic heterocycles. The molecule has 0 aliphatic carbocycles. The van der Waals surface area contributed by atoms with E-state index in [-0.39, 0.29) is 18.5 Å². The van der Waals surface area contributed by atoms with Gasteiger partial charge in [-0.1, -0.05) is 30.7 Å². The predicted molar refractivity (Wildman–Crippen MR) is 92.2 cm³/mol. The van der Waals surface area contributed by atoms with E-state index >= 15 is 0 Å². The van der Waals surface area contributed by atoms with E-state index in [1.807, 2.05) is 24.3 Å². The van der Waals surface area contributed by atoms with E-state index in [1.54, 1.807) is 19.0 Å². The van der Waals surface area contributed by atoms with Crippen molar-refractivity contribution < 1.29 is 4.79 Å². The molecule has 1 aromatic rings. The third-order valence-electron chi connectivity index (χ3n) is 3.21. The number of hydrogen-bond donors (Lipinski definition) is 2. The SMILES string of the molecule is CCC(C)NC(=NCc1cccc(Cl)c1)NCC(=O)N(C)C. The van der Waals surface area contributed by atoms with Crippen LogP contribution in [0.1, 0.15) is 25.8 Å². The van der Waals surface area contributed by atoms with Crippen molar-refractivity contribution in [2.45, 2.75) is 32.9 Å². The maximum Gasteiger partial charge on any atom is 0.241 e. The number of carbonyl (C=O) groups excluding carboxylic acids is 1. The van der Waals surface area contributed by atoms with Gasteiger partial charge in [0.25, 0.3) is 0 Å². The van der Waals surface area contributed by atoms with Gasteiger partial charge in [0.15, 0.2) is 5.96 Å². The van der Waals surface area contributed by atoms with E-state index in [9.17, 15) is 4.79 Å². The van der Waals surface area contributed by atoms with E-state index in [0.717, 1.165) is 12.0 Å². The normalized spacial score (nSPS) is 12.7. The number of amides is 1. The zero-order valence-electron chi connectivity index (χ0n) is 13.7. The van der Waals surface area contributed by atoms with Crippen LogP contribution in [0, 0.1) is 0 Å². The molecule has 6 heteroatoms. The molecule has 2 N–H and O–H groups in total. The molecule has 0 saturated heterocycles. The number of nitrogens with zero attached hydrogens (tertiary/aromatic N) is 2. The summed E-state index contributed by atoms with van der Waals surface area (Å²) in [5, 5.41) is 7.04. The Kier molecular flexibility index (Phi) is 7.74. The van der Waals surface area contributed by atoms with Crippen molar-refractivity contribution in [3.8, 4) is 0 Å². The van der Waals surface area contributed by atoms with Gasteiger partial charge >= 0.3 is 0 Å². The smallest absolute Gasteiger partial charge is 0.241 e. The molecule has 0 aliphatic rings. The Morgan fingerprint density at radius 2 is 2.14 bits per heavy atom. The van der Waals surface area contributed by atoms with Gasteiger partial charge in [-0.15, -0.1) is 0 Å². The van der Waals surface area contributed by atoms with Crippen molar-refractivity contribution in [3.05, 3.63) is 34.9 Å². The van der Waals surface area contributed by atoms with Crippen molar-refractivity contribution in [2.75, 3.05) is 20.6 Å². The van der Waals surface area contributed by atoms with Crippen LogP contribution in [-0.4, -0.2) is 43.4 Å². The van der Waals surface area contributed by atoms with E-state index in [1.165, 1.54) is 0 Å². The Labute approximate surface area is 137 Å². The topological polar surface area (TPSA) is 56.7 Å². The summed E-state index contributed by atoms with van der Waals surface area (Å²) < 4.78 is 0. The fraction of sp³-hybridized carbons (Fsp3) is 0.500. The highest BCUT2D eigenvalue weighted by molar-refractivity contribution is 6.30. The molecule has 1 unspecified atom stereocenters. The predicted octanol–water partition coefficient (Wildman–Crippen LogP) is 2.26. The average molecular weight is 325 g/mol. The van der Waals surface area contributed by atoms with Crippen molar-refractivity contribution in [2.24, 2.45) is 4.99 Å². The summed E-state index contributed by atoms with van der Waals surface area (Å²) in [7, 11) is 3.46. The third-order valence-corrected chi connectivity index (χ3v) is 3.45. The van der Waals surface area contributed by atoms with E-state index in [2.05, 4.69) is 29.5 Å². The second-order valence-electron chi connectivity index (χ2n) is 5.39. The number of likely N-dealkylation sites (N-methyl/N-ethyl adjacent to an activating group) is 1. The van der Waals surface area contributed by atoms with Crippen LogP contribution in [0.15, 0.2) is 29.3 Å². The van der Waals surface area contributed by atoms with Crippen LogP contribution in [0.5, 0.6) is 0 Å². The molecule has 0 heterocycles. The first-order valence-corrected chi connectivity index (χ1v) is 7.79. The summed E-state index contributed by atoms with van der Waals surface area (Å²) in [4.78, 5) is 17.8. The molecular formula is C16H25ClN4O. The lowest BCUT2D eigenvalue weighted by Crippen LogP contribution is -2.45. The first-order valence-electron chi connectivity index (χ1n) is 7.41. The van der Waals surface area contributed by atoms with E-state index in [4.69, 9.17) is 11.6 Å². The Hall–Kier alpha value is -1.75. The molecule has 0 radical (unpaired) electrons. The van der Waals surface area contributed by atoms with Gasteiger partial charge in [-0.25, -0.2) is 4.99 Å². The van der Waals surface area contributed by atoms with Gasteiger partial charge < -0.3 is 15.5 Å². The highest BCUT2D eigenvalue weighted by Crippen LogP contribution is 2.11. The average Bonchev–Trinajstić information content (AvgIpc) is 2.49. The quantitative estimate of drug-likeness (QED) is 0.623.